The Bertz CT molecular complexity index is 495. The van der Waals surface area contributed by atoms with E-state index in [2.05, 4.69) is 10.3 Å². The number of nitro groups is 1. The van der Waals surface area contributed by atoms with Crippen LogP contribution in [0.3, 0.4) is 0 Å². The van der Waals surface area contributed by atoms with Gasteiger partial charge in [-0.05, 0) is 31.4 Å². The minimum absolute atomic E-state index is 0.0748. The van der Waals surface area contributed by atoms with Crippen molar-refractivity contribution in [1.82, 2.24) is 0 Å². The van der Waals surface area contributed by atoms with E-state index >= 15 is 0 Å². The zero-order valence-electron chi connectivity index (χ0n) is 10.7. The summed E-state index contributed by atoms with van der Waals surface area (Å²) in [6.07, 6.45) is 5.20. The zero-order valence-corrected chi connectivity index (χ0v) is 10.7. The number of para-hydroxylation sites is 1. The summed E-state index contributed by atoms with van der Waals surface area (Å²) < 4.78 is 0. The maximum Gasteiger partial charge on any atom is 0.306 e. The Hall–Kier alpha value is -2.17. The van der Waals surface area contributed by atoms with E-state index in [0.717, 1.165) is 24.9 Å². The van der Waals surface area contributed by atoms with E-state index < -0.39 is 0 Å². The molecule has 0 bridgehead atoms. The molecule has 1 N–H and O–H groups in total. The fraction of sp³-hybridized carbons (Fsp3) is 0.357. The van der Waals surface area contributed by atoms with Crippen LogP contribution in [0.4, 0.5) is 5.69 Å². The first-order valence-electron chi connectivity index (χ1n) is 6.47. The lowest BCUT2D eigenvalue weighted by molar-refractivity contribution is -0.415. The molecule has 0 aromatic heterocycles. The molecule has 0 amide bonds. The number of benzene rings is 1. The number of hydrogen-bond donors (Lipinski definition) is 1. The van der Waals surface area contributed by atoms with Gasteiger partial charge in [0.2, 0.25) is 0 Å². The van der Waals surface area contributed by atoms with Crippen LogP contribution in [-0.4, -0.2) is 17.2 Å². The molecule has 0 unspecified atom stereocenters. The van der Waals surface area contributed by atoms with Crippen LogP contribution in [-0.2, 0) is 0 Å². The van der Waals surface area contributed by atoms with Crippen LogP contribution in [0, 0.1) is 10.1 Å². The van der Waals surface area contributed by atoms with Crippen molar-refractivity contribution in [2.75, 3.05) is 11.9 Å². The predicted octanol–water partition coefficient (Wildman–Crippen LogP) is 3.23. The zero-order chi connectivity index (χ0) is 13.5. The van der Waals surface area contributed by atoms with Gasteiger partial charge >= 0.3 is 5.70 Å². The molecule has 0 fully saturated rings. The van der Waals surface area contributed by atoms with Gasteiger partial charge in [0.15, 0.2) is 0 Å². The lowest BCUT2D eigenvalue weighted by Gasteiger charge is -2.03. The number of nitrogens with one attached hydrogen (secondary N) is 1. The van der Waals surface area contributed by atoms with E-state index in [9.17, 15) is 10.1 Å². The van der Waals surface area contributed by atoms with Gasteiger partial charge in [0.1, 0.15) is 5.71 Å². The van der Waals surface area contributed by atoms with Crippen LogP contribution in [0.25, 0.3) is 0 Å². The van der Waals surface area contributed by atoms with E-state index in [0.29, 0.717) is 18.7 Å². The van der Waals surface area contributed by atoms with E-state index in [1.165, 1.54) is 6.20 Å². The summed E-state index contributed by atoms with van der Waals surface area (Å²) in [5.74, 6) is 0. The Morgan fingerprint density at radius 3 is 2.79 bits per heavy atom. The number of anilines is 1. The summed E-state index contributed by atoms with van der Waals surface area (Å²) in [7, 11) is 0. The molecule has 1 aromatic rings. The van der Waals surface area contributed by atoms with Gasteiger partial charge in [-0.15, -0.1) is 0 Å². The van der Waals surface area contributed by atoms with Crippen molar-refractivity contribution >= 4 is 11.4 Å². The normalized spacial score (nSPS) is 16.4. The smallest absolute Gasteiger partial charge is 0.306 e. The highest BCUT2D eigenvalue weighted by Crippen LogP contribution is 2.14. The minimum atomic E-state index is -0.361. The third kappa shape index (κ3) is 3.91. The molecule has 1 aliphatic rings. The molecule has 1 aromatic carbocycles. The van der Waals surface area contributed by atoms with Crippen LogP contribution in [0.5, 0.6) is 0 Å². The van der Waals surface area contributed by atoms with Crippen LogP contribution in [0.15, 0.2) is 47.2 Å². The van der Waals surface area contributed by atoms with Crippen molar-refractivity contribution in [3.63, 3.8) is 0 Å². The summed E-state index contributed by atoms with van der Waals surface area (Å²) >= 11 is 0. The molecule has 0 saturated carbocycles. The summed E-state index contributed by atoms with van der Waals surface area (Å²) in [5, 5.41) is 14.1. The van der Waals surface area contributed by atoms with E-state index in [-0.39, 0.29) is 10.6 Å². The quantitative estimate of drug-likeness (QED) is 0.666. The van der Waals surface area contributed by atoms with Crippen molar-refractivity contribution in [2.24, 2.45) is 4.99 Å². The highest BCUT2D eigenvalue weighted by atomic mass is 16.6. The summed E-state index contributed by atoms with van der Waals surface area (Å²) in [5.41, 5.74) is 1.51. The molecule has 5 heteroatoms. The van der Waals surface area contributed by atoms with Gasteiger partial charge < -0.3 is 5.32 Å². The molecule has 100 valence electrons. The number of aliphatic imine (C=N–C) groups is 1. The summed E-state index contributed by atoms with van der Waals surface area (Å²) in [6, 6.07) is 9.39. The first-order valence-corrected chi connectivity index (χ1v) is 6.47. The fourth-order valence-corrected chi connectivity index (χ4v) is 2.01. The number of allylic oxidation sites excluding steroid dienone is 1. The van der Waals surface area contributed by atoms with Crippen LogP contribution >= 0.6 is 0 Å². The van der Waals surface area contributed by atoms with Crippen molar-refractivity contribution in [1.29, 1.82) is 0 Å². The number of nitrogens with zero attached hydrogens (tertiary/aromatic N) is 2. The summed E-state index contributed by atoms with van der Waals surface area (Å²) in [4.78, 5) is 15.1. The van der Waals surface area contributed by atoms with Crippen molar-refractivity contribution in [3.8, 4) is 0 Å². The lowest BCUT2D eigenvalue weighted by atomic mass is 10.1. The highest BCUT2D eigenvalue weighted by molar-refractivity contribution is 5.98. The van der Waals surface area contributed by atoms with Gasteiger partial charge in [-0.2, -0.15) is 0 Å². The fourth-order valence-electron chi connectivity index (χ4n) is 2.01. The predicted molar refractivity (Wildman–Crippen MR) is 75.9 cm³/mol. The second-order valence-electron chi connectivity index (χ2n) is 4.44. The highest BCUT2D eigenvalue weighted by Gasteiger charge is 2.20. The average molecular weight is 259 g/mol. The minimum Gasteiger partial charge on any atom is -0.356 e. The van der Waals surface area contributed by atoms with Gasteiger partial charge in [0.25, 0.3) is 0 Å². The molecule has 0 radical (unpaired) electrons. The summed E-state index contributed by atoms with van der Waals surface area (Å²) in [6.45, 7) is 0.686. The Morgan fingerprint density at radius 1 is 1.26 bits per heavy atom. The van der Waals surface area contributed by atoms with E-state index in [4.69, 9.17) is 0 Å². The van der Waals surface area contributed by atoms with Crippen LogP contribution in [0.1, 0.15) is 25.7 Å². The Morgan fingerprint density at radius 2 is 2.05 bits per heavy atom. The van der Waals surface area contributed by atoms with Crippen LogP contribution in [0.2, 0.25) is 0 Å². The first kappa shape index (κ1) is 13.3. The topological polar surface area (TPSA) is 67.5 Å². The maximum atomic E-state index is 11.1. The molecular formula is C14H17N3O2. The average Bonchev–Trinajstić information content (AvgIpc) is 2.69. The second-order valence-corrected chi connectivity index (χ2v) is 4.44. The Kier molecular flexibility index (Phi) is 4.66. The van der Waals surface area contributed by atoms with Gasteiger partial charge in [-0.3, -0.25) is 15.1 Å². The van der Waals surface area contributed by atoms with E-state index in [1.54, 1.807) is 0 Å². The second kappa shape index (κ2) is 6.68. The molecule has 0 atom stereocenters. The molecule has 2 rings (SSSR count). The van der Waals surface area contributed by atoms with Crippen molar-refractivity contribution < 1.29 is 4.92 Å². The SMILES string of the molecule is O=[N+]([O-])/C(=C\Nc1ccccc1)C1=NCCCCC1. The Labute approximate surface area is 112 Å². The molecule has 0 saturated heterocycles. The molecular weight excluding hydrogens is 242 g/mol. The molecule has 0 spiro atoms. The third-order valence-corrected chi connectivity index (χ3v) is 3.02. The van der Waals surface area contributed by atoms with Gasteiger partial charge in [-0.25, -0.2) is 0 Å². The Balaban J connectivity index is 2.15. The van der Waals surface area contributed by atoms with Gasteiger partial charge in [0.05, 0.1) is 11.1 Å². The molecule has 0 aliphatic carbocycles. The standard InChI is InChI=1S/C14H17N3O2/c18-17(19)14(13-9-5-2-6-10-15-13)11-16-12-7-3-1-4-8-12/h1,3-4,7-8,11,16H,2,5-6,9-10H2/b14-11-. The number of rotatable bonds is 4. The lowest BCUT2D eigenvalue weighted by Crippen LogP contribution is -2.13. The molecule has 1 aliphatic heterocycles. The van der Waals surface area contributed by atoms with Crippen molar-refractivity contribution in [3.05, 3.63) is 52.3 Å². The molecule has 1 heterocycles. The number of hydrogen-bond acceptors (Lipinski definition) is 4. The van der Waals surface area contributed by atoms with Crippen LogP contribution < -0.4 is 5.32 Å². The van der Waals surface area contributed by atoms with Gasteiger partial charge in [-0.1, -0.05) is 24.6 Å². The molecule has 19 heavy (non-hydrogen) atoms. The maximum absolute atomic E-state index is 11.1. The van der Waals surface area contributed by atoms with Gasteiger partial charge in [0, 0.05) is 12.2 Å². The van der Waals surface area contributed by atoms with Crippen molar-refractivity contribution in [2.45, 2.75) is 25.7 Å². The van der Waals surface area contributed by atoms with E-state index in [1.807, 2.05) is 30.3 Å². The largest absolute Gasteiger partial charge is 0.356 e. The molecule has 5 nitrogen and oxygen atoms in total. The first-order chi connectivity index (χ1) is 9.27. The monoisotopic (exact) mass is 259 g/mol. The third-order valence-electron chi connectivity index (χ3n) is 3.02.